The van der Waals surface area contributed by atoms with Crippen LogP contribution in [0.5, 0.6) is 0 Å². The van der Waals surface area contributed by atoms with E-state index in [1.165, 1.54) is 18.2 Å². The average molecular weight is 742 g/mol. The van der Waals surface area contributed by atoms with Crippen LogP contribution in [-0.4, -0.2) is 79.3 Å². The number of fused-ring (bicyclic) bond motifs is 2. The van der Waals surface area contributed by atoms with Gasteiger partial charge in [0.25, 0.3) is 26.1 Å². The number of nitrogens with two attached hydrogens (primary N) is 1. The van der Waals surface area contributed by atoms with Gasteiger partial charge < -0.3 is 35.1 Å². The molecule has 0 aromatic heterocycles. The Morgan fingerprint density at radius 3 is 2.29 bits per heavy atom. The van der Waals surface area contributed by atoms with Gasteiger partial charge in [-0.25, -0.2) is 4.79 Å². The minimum Gasteiger partial charge on any atom is -0.478 e. The van der Waals surface area contributed by atoms with E-state index >= 15 is 0 Å². The number of carboxylic acids is 1. The molecule has 2 aromatic rings. The van der Waals surface area contributed by atoms with Gasteiger partial charge in [-0.3, -0.25) is 23.9 Å². The van der Waals surface area contributed by atoms with Gasteiger partial charge >= 0.3 is 13.6 Å². The van der Waals surface area contributed by atoms with Gasteiger partial charge in [-0.15, -0.1) is 0 Å². The Bertz CT molecular complexity index is 2250. The summed E-state index contributed by atoms with van der Waals surface area (Å²) in [5.74, 6) is -3.32. The van der Waals surface area contributed by atoms with E-state index < -0.39 is 83.4 Å². The number of rotatable bonds is 14. The third-order valence-electron chi connectivity index (χ3n) is 7.43. The van der Waals surface area contributed by atoms with Crippen molar-refractivity contribution in [2.75, 3.05) is 32.2 Å². The highest BCUT2D eigenvalue weighted by Crippen LogP contribution is 2.46. The van der Waals surface area contributed by atoms with Crippen molar-refractivity contribution >= 4 is 56.4 Å². The maximum Gasteiger partial charge on any atom is 0.336 e. The topological polar surface area (TPSA) is 305 Å². The Morgan fingerprint density at radius 2 is 1.69 bits per heavy atom. The Morgan fingerprint density at radius 1 is 1.02 bits per heavy atom. The summed E-state index contributed by atoms with van der Waals surface area (Å²) in [6.07, 6.45) is 1.34. The normalized spacial score (nSPS) is 14.1. The van der Waals surface area contributed by atoms with E-state index in [4.69, 9.17) is 20.1 Å². The van der Waals surface area contributed by atoms with Gasteiger partial charge in [0.05, 0.1) is 23.2 Å². The SMILES string of the molecule is CP(=O)(O)OCC(CO)CCCCNC(=O)c1ccc(C(=O)O)c(-c2c3ccc(=N)c(S(=O)(=O)O)c-3oc3c(S(=O)(=O)O)c(N)ccc23)c1. The fourth-order valence-electron chi connectivity index (χ4n) is 5.21. The second-order valence-electron chi connectivity index (χ2n) is 11.1. The smallest absolute Gasteiger partial charge is 0.336 e. The number of amides is 1. The van der Waals surface area contributed by atoms with Crippen molar-refractivity contribution in [2.24, 2.45) is 5.92 Å². The Labute approximate surface area is 279 Å². The molecule has 0 bridgehead atoms. The maximum absolute atomic E-state index is 13.2. The lowest BCUT2D eigenvalue weighted by molar-refractivity contribution is 0.0697. The summed E-state index contributed by atoms with van der Waals surface area (Å²) in [6.45, 7) is 0.751. The minimum atomic E-state index is -5.22. The monoisotopic (exact) mass is 741 g/mol. The number of nitrogens with one attached hydrogen (secondary N) is 2. The number of hydrogen-bond acceptors (Lipinski definition) is 12. The maximum atomic E-state index is 13.2. The molecule has 1 heterocycles. The van der Waals surface area contributed by atoms with E-state index in [9.17, 15) is 55.2 Å². The molecule has 0 saturated carbocycles. The first kappa shape index (κ1) is 37.6. The molecule has 1 aliphatic heterocycles. The van der Waals surface area contributed by atoms with Gasteiger partial charge in [-0.05, 0) is 60.9 Å². The summed E-state index contributed by atoms with van der Waals surface area (Å²) in [6, 6.07) is 7.93. The molecule has 4 rings (SSSR count). The standard InChI is InChI=1S/C29H32N3O14PS2/c1-47(37,38)45-14-15(13-33)4-2-3-11-32-28(34)16-5-6-17(29(35)36)20(12-16)23-18-7-9-21(30)26(48(39,40)41)24(18)46-25-19(23)8-10-22(31)27(25)49(42,43)44/h5-10,12,15,30,33H,2-4,11,13-14,31H2,1H3,(H,32,34)(H,35,36)(H,37,38)(H,39,40,41)(H,42,43,44). The number of carboxylic acid groups (broad SMARTS) is 1. The molecule has 1 aliphatic carbocycles. The van der Waals surface area contributed by atoms with Crippen molar-refractivity contribution in [2.45, 2.75) is 29.1 Å². The van der Waals surface area contributed by atoms with Crippen molar-refractivity contribution in [1.82, 2.24) is 5.32 Å². The molecule has 9 N–H and O–H groups in total. The molecule has 0 radical (unpaired) electrons. The van der Waals surface area contributed by atoms with Crippen LogP contribution in [0, 0.1) is 11.3 Å². The number of carbonyl (C=O) groups excluding carboxylic acids is 1. The Balaban J connectivity index is 1.82. The van der Waals surface area contributed by atoms with Crippen LogP contribution in [0.4, 0.5) is 5.69 Å². The van der Waals surface area contributed by atoms with E-state index in [0.29, 0.717) is 19.3 Å². The first-order chi connectivity index (χ1) is 22.7. The van der Waals surface area contributed by atoms with Gasteiger partial charge in [0.15, 0.2) is 21.1 Å². The zero-order valence-electron chi connectivity index (χ0n) is 25.6. The molecule has 2 unspecified atom stereocenters. The minimum absolute atomic E-state index is 0.0667. The lowest BCUT2D eigenvalue weighted by Gasteiger charge is -2.20. The molecule has 2 aliphatic rings. The van der Waals surface area contributed by atoms with Gasteiger partial charge in [-0.1, -0.05) is 6.42 Å². The molecule has 0 fully saturated rings. The number of aromatic carboxylic acids is 1. The van der Waals surface area contributed by atoms with Crippen LogP contribution in [0.3, 0.4) is 0 Å². The molecule has 17 nitrogen and oxygen atoms in total. The number of nitrogen functional groups attached to an aromatic ring is 1. The molecule has 0 spiro atoms. The van der Waals surface area contributed by atoms with Crippen LogP contribution < -0.4 is 16.4 Å². The number of hydrogen-bond donors (Lipinski definition) is 8. The van der Waals surface area contributed by atoms with Gasteiger partial charge in [-0.2, -0.15) is 16.8 Å². The molecule has 2 atom stereocenters. The lowest BCUT2D eigenvalue weighted by atomic mass is 9.89. The predicted molar refractivity (Wildman–Crippen MR) is 174 cm³/mol. The van der Waals surface area contributed by atoms with E-state index in [-0.39, 0.29) is 47.4 Å². The first-order valence-corrected chi connectivity index (χ1v) is 19.2. The number of anilines is 1. The fraction of sp³-hybridized carbons (Fsp3) is 0.276. The molecule has 2 aromatic carbocycles. The van der Waals surface area contributed by atoms with Crippen LogP contribution in [0.25, 0.3) is 33.4 Å². The quantitative estimate of drug-likeness (QED) is 0.0303. The van der Waals surface area contributed by atoms with E-state index in [2.05, 4.69) is 5.32 Å². The number of benzene rings is 3. The largest absolute Gasteiger partial charge is 0.478 e. The van der Waals surface area contributed by atoms with Gasteiger partial charge in [0.2, 0.25) is 0 Å². The number of carbonyl (C=O) groups is 2. The van der Waals surface area contributed by atoms with Crippen molar-refractivity contribution in [1.29, 1.82) is 5.41 Å². The summed E-state index contributed by atoms with van der Waals surface area (Å²) in [7, 11) is -14.1. The second-order valence-corrected chi connectivity index (χ2v) is 15.7. The number of unbranched alkanes of at least 4 members (excludes halogenated alkanes) is 1. The van der Waals surface area contributed by atoms with Crippen LogP contribution in [0.1, 0.15) is 40.0 Å². The number of aliphatic hydroxyl groups excluding tert-OH is 1. The van der Waals surface area contributed by atoms with E-state index in [1.807, 2.05) is 0 Å². The first-order valence-electron chi connectivity index (χ1n) is 14.3. The fourth-order valence-corrected chi connectivity index (χ4v) is 7.18. The molecule has 0 saturated heterocycles. The van der Waals surface area contributed by atoms with E-state index in [0.717, 1.165) is 30.9 Å². The zero-order chi connectivity index (χ0) is 36.5. The number of aliphatic hydroxyl groups is 1. The summed E-state index contributed by atoms with van der Waals surface area (Å²) in [4.78, 5) is 32.8. The molecular weight excluding hydrogens is 709 g/mol. The second kappa shape index (κ2) is 14.3. The molecule has 264 valence electrons. The van der Waals surface area contributed by atoms with Crippen LogP contribution in [-0.2, 0) is 29.3 Å². The third kappa shape index (κ3) is 8.52. The summed E-state index contributed by atoms with van der Waals surface area (Å²) >= 11 is 0. The Hall–Kier alpha value is -4.20. The van der Waals surface area contributed by atoms with Gasteiger partial charge in [0, 0.05) is 47.8 Å². The van der Waals surface area contributed by atoms with Gasteiger partial charge in [0.1, 0.15) is 0 Å². The molecule has 1 amide bonds. The zero-order valence-corrected chi connectivity index (χ0v) is 28.1. The van der Waals surface area contributed by atoms with E-state index in [1.54, 1.807) is 0 Å². The third-order valence-corrected chi connectivity index (χ3v) is 9.91. The molecule has 49 heavy (non-hydrogen) atoms. The van der Waals surface area contributed by atoms with Crippen molar-refractivity contribution in [3.63, 3.8) is 0 Å². The highest BCUT2D eigenvalue weighted by Gasteiger charge is 2.32. The van der Waals surface area contributed by atoms with Crippen LogP contribution >= 0.6 is 7.60 Å². The van der Waals surface area contributed by atoms with Crippen molar-refractivity contribution in [3.8, 4) is 22.5 Å². The Kier molecular flexibility index (Phi) is 11.0. The molecule has 20 heteroatoms. The van der Waals surface area contributed by atoms with Crippen LogP contribution in [0.2, 0.25) is 0 Å². The summed E-state index contributed by atoms with van der Waals surface area (Å²) in [5.41, 5.74) is 3.49. The highest BCUT2D eigenvalue weighted by molar-refractivity contribution is 7.86. The van der Waals surface area contributed by atoms with Crippen molar-refractivity contribution in [3.05, 3.63) is 58.9 Å². The predicted octanol–water partition coefficient (Wildman–Crippen LogP) is 2.80. The summed E-state index contributed by atoms with van der Waals surface area (Å²) in [5, 5.41) is 29.4. The van der Waals surface area contributed by atoms with Crippen molar-refractivity contribution < 1.29 is 64.1 Å². The average Bonchev–Trinajstić information content (AvgIpc) is 2.98. The summed E-state index contributed by atoms with van der Waals surface area (Å²) < 4.78 is 91.4. The lowest BCUT2D eigenvalue weighted by Crippen LogP contribution is -2.25. The molecular formula is C29H32N3O14PS2. The highest BCUT2D eigenvalue weighted by atomic mass is 32.2. The van der Waals surface area contributed by atoms with Crippen LogP contribution in [0.15, 0.2) is 56.7 Å².